The summed E-state index contributed by atoms with van der Waals surface area (Å²) in [5.74, 6) is 1.29. The summed E-state index contributed by atoms with van der Waals surface area (Å²) in [5, 5.41) is 9.59. The number of guanidine groups is 1. The molecule has 1 unspecified atom stereocenters. The van der Waals surface area contributed by atoms with Crippen molar-refractivity contribution in [2.75, 3.05) is 33.3 Å². The Labute approximate surface area is 133 Å². The van der Waals surface area contributed by atoms with Crippen LogP contribution in [0.2, 0.25) is 0 Å². The minimum absolute atomic E-state index is 0.0750. The van der Waals surface area contributed by atoms with E-state index < -0.39 is 0 Å². The fourth-order valence-electron chi connectivity index (χ4n) is 2.79. The molecular formula is C16H30N4O2. The summed E-state index contributed by atoms with van der Waals surface area (Å²) in [5.41, 5.74) is -0.0750. The van der Waals surface area contributed by atoms with E-state index in [1.54, 1.807) is 7.05 Å². The van der Waals surface area contributed by atoms with Gasteiger partial charge in [-0.05, 0) is 39.0 Å². The first-order chi connectivity index (χ1) is 10.6. The van der Waals surface area contributed by atoms with Crippen molar-refractivity contribution in [2.24, 2.45) is 10.9 Å². The Kier molecular flexibility index (Phi) is 6.49. The van der Waals surface area contributed by atoms with Crippen LogP contribution in [-0.4, -0.2) is 50.8 Å². The van der Waals surface area contributed by atoms with Crippen LogP contribution in [0.3, 0.4) is 0 Å². The summed E-state index contributed by atoms with van der Waals surface area (Å²) in [6.07, 6.45) is 6.43. The van der Waals surface area contributed by atoms with Gasteiger partial charge in [0.05, 0.1) is 5.60 Å². The first kappa shape index (κ1) is 17.1. The minimum Gasteiger partial charge on any atom is -0.373 e. The van der Waals surface area contributed by atoms with E-state index in [4.69, 9.17) is 4.74 Å². The Morgan fingerprint density at radius 2 is 2.00 bits per heavy atom. The van der Waals surface area contributed by atoms with Crippen LogP contribution in [-0.2, 0) is 9.53 Å². The summed E-state index contributed by atoms with van der Waals surface area (Å²) < 4.78 is 5.75. The molecule has 6 heteroatoms. The maximum absolute atomic E-state index is 11.7. The van der Waals surface area contributed by atoms with E-state index >= 15 is 0 Å². The number of rotatable bonds is 7. The van der Waals surface area contributed by atoms with Crippen LogP contribution in [0.1, 0.15) is 45.4 Å². The molecule has 3 N–H and O–H groups in total. The van der Waals surface area contributed by atoms with Gasteiger partial charge in [-0.1, -0.05) is 6.42 Å². The normalized spacial score (nSPS) is 25.6. The molecular weight excluding hydrogens is 280 g/mol. The van der Waals surface area contributed by atoms with Crippen molar-refractivity contribution < 1.29 is 9.53 Å². The van der Waals surface area contributed by atoms with E-state index in [-0.39, 0.29) is 17.4 Å². The predicted octanol–water partition coefficient (Wildman–Crippen LogP) is 1.03. The van der Waals surface area contributed by atoms with Gasteiger partial charge in [-0.3, -0.25) is 9.79 Å². The highest BCUT2D eigenvalue weighted by Crippen LogP contribution is 2.26. The first-order valence-corrected chi connectivity index (χ1v) is 8.49. The number of carbonyl (C=O) groups is 1. The Morgan fingerprint density at radius 1 is 1.23 bits per heavy atom. The number of aliphatic imine (C=N–C) groups is 1. The van der Waals surface area contributed by atoms with E-state index in [0.717, 1.165) is 64.3 Å². The van der Waals surface area contributed by atoms with Gasteiger partial charge in [-0.15, -0.1) is 0 Å². The first-order valence-electron chi connectivity index (χ1n) is 8.49. The third-order valence-corrected chi connectivity index (χ3v) is 4.58. The van der Waals surface area contributed by atoms with Gasteiger partial charge in [-0.2, -0.15) is 0 Å². The molecule has 6 nitrogen and oxygen atoms in total. The van der Waals surface area contributed by atoms with Gasteiger partial charge >= 0.3 is 0 Å². The summed E-state index contributed by atoms with van der Waals surface area (Å²) in [6, 6.07) is 0. The molecule has 1 atom stereocenters. The van der Waals surface area contributed by atoms with Crippen LogP contribution >= 0.6 is 0 Å². The van der Waals surface area contributed by atoms with Gasteiger partial charge in [0.15, 0.2) is 5.96 Å². The molecule has 1 amide bonds. The molecule has 1 heterocycles. The van der Waals surface area contributed by atoms with Gasteiger partial charge in [0, 0.05) is 39.2 Å². The molecule has 1 saturated heterocycles. The molecule has 2 fully saturated rings. The number of ether oxygens (including phenoxy) is 1. The van der Waals surface area contributed by atoms with Gasteiger partial charge in [0.1, 0.15) is 0 Å². The standard InChI is InChI=1S/C16H30N4O2/c1-16(8-4-11-22-16)12-20-15(17-2)19-10-5-9-18-14(21)13-6-3-7-13/h13H,3-12H2,1-2H3,(H,18,21)(H2,17,19,20). The fraction of sp³-hybridized carbons (Fsp3) is 0.875. The number of nitrogens with zero attached hydrogens (tertiary/aromatic N) is 1. The average molecular weight is 310 g/mol. The maximum atomic E-state index is 11.7. The molecule has 2 rings (SSSR count). The molecule has 0 spiro atoms. The molecule has 0 radical (unpaired) electrons. The summed E-state index contributed by atoms with van der Waals surface area (Å²) >= 11 is 0. The zero-order chi connectivity index (χ0) is 15.8. The van der Waals surface area contributed by atoms with E-state index in [1.807, 2.05) is 0 Å². The number of hydrogen-bond acceptors (Lipinski definition) is 3. The quantitative estimate of drug-likeness (QED) is 0.373. The van der Waals surface area contributed by atoms with Crippen molar-refractivity contribution in [1.29, 1.82) is 0 Å². The fourth-order valence-corrected chi connectivity index (χ4v) is 2.79. The lowest BCUT2D eigenvalue weighted by molar-refractivity contribution is -0.127. The molecule has 22 heavy (non-hydrogen) atoms. The molecule has 1 aliphatic carbocycles. The average Bonchev–Trinajstić information content (AvgIpc) is 2.87. The zero-order valence-corrected chi connectivity index (χ0v) is 13.9. The molecule has 0 aromatic heterocycles. The number of hydrogen-bond donors (Lipinski definition) is 3. The summed E-state index contributed by atoms with van der Waals surface area (Å²) in [4.78, 5) is 15.9. The maximum Gasteiger partial charge on any atom is 0.223 e. The highest BCUT2D eigenvalue weighted by atomic mass is 16.5. The Morgan fingerprint density at radius 3 is 2.59 bits per heavy atom. The third-order valence-electron chi connectivity index (χ3n) is 4.58. The Balaban J connectivity index is 1.53. The molecule has 0 aromatic carbocycles. The van der Waals surface area contributed by atoms with E-state index in [9.17, 15) is 4.79 Å². The van der Waals surface area contributed by atoms with Crippen molar-refractivity contribution >= 4 is 11.9 Å². The Hall–Kier alpha value is -1.30. The second-order valence-corrected chi connectivity index (χ2v) is 6.53. The van der Waals surface area contributed by atoms with Crippen LogP contribution in [0.25, 0.3) is 0 Å². The third kappa shape index (κ3) is 5.16. The van der Waals surface area contributed by atoms with Crippen molar-refractivity contribution in [3.63, 3.8) is 0 Å². The zero-order valence-electron chi connectivity index (χ0n) is 13.9. The lowest BCUT2D eigenvalue weighted by atomic mass is 9.85. The predicted molar refractivity (Wildman–Crippen MR) is 87.9 cm³/mol. The minimum atomic E-state index is -0.0750. The number of amides is 1. The molecule has 1 saturated carbocycles. The van der Waals surface area contributed by atoms with Crippen LogP contribution in [0, 0.1) is 5.92 Å². The van der Waals surface area contributed by atoms with Crippen molar-refractivity contribution in [1.82, 2.24) is 16.0 Å². The molecule has 126 valence electrons. The van der Waals surface area contributed by atoms with Gasteiger partial charge in [0.2, 0.25) is 5.91 Å². The summed E-state index contributed by atoms with van der Waals surface area (Å²) in [6.45, 7) is 5.27. The van der Waals surface area contributed by atoms with Crippen LogP contribution in [0.5, 0.6) is 0 Å². The SMILES string of the molecule is CN=C(NCCCNC(=O)C1CCC1)NCC1(C)CCCO1. The van der Waals surface area contributed by atoms with Gasteiger partial charge in [-0.25, -0.2) is 0 Å². The van der Waals surface area contributed by atoms with Crippen LogP contribution in [0.4, 0.5) is 0 Å². The van der Waals surface area contributed by atoms with Crippen molar-refractivity contribution in [3.05, 3.63) is 0 Å². The van der Waals surface area contributed by atoms with Gasteiger partial charge < -0.3 is 20.7 Å². The molecule has 0 bridgehead atoms. The van der Waals surface area contributed by atoms with Gasteiger partial charge in [0.25, 0.3) is 0 Å². The van der Waals surface area contributed by atoms with Crippen LogP contribution < -0.4 is 16.0 Å². The highest BCUT2D eigenvalue weighted by Gasteiger charge is 2.29. The topological polar surface area (TPSA) is 74.8 Å². The second-order valence-electron chi connectivity index (χ2n) is 6.53. The lowest BCUT2D eigenvalue weighted by Crippen LogP contribution is -2.46. The Bertz CT molecular complexity index is 388. The molecule has 2 aliphatic rings. The smallest absolute Gasteiger partial charge is 0.223 e. The van der Waals surface area contributed by atoms with Crippen LogP contribution in [0.15, 0.2) is 4.99 Å². The van der Waals surface area contributed by atoms with E-state index in [1.165, 1.54) is 6.42 Å². The van der Waals surface area contributed by atoms with E-state index in [0.29, 0.717) is 0 Å². The number of carbonyl (C=O) groups excluding carboxylic acids is 1. The second kappa shape index (κ2) is 8.36. The largest absolute Gasteiger partial charge is 0.373 e. The van der Waals surface area contributed by atoms with Crippen molar-refractivity contribution in [3.8, 4) is 0 Å². The summed E-state index contributed by atoms with van der Waals surface area (Å²) in [7, 11) is 1.77. The lowest BCUT2D eigenvalue weighted by Gasteiger charge is -2.25. The molecule has 0 aromatic rings. The molecule has 1 aliphatic heterocycles. The number of nitrogens with one attached hydrogen (secondary N) is 3. The highest BCUT2D eigenvalue weighted by molar-refractivity contribution is 5.80. The van der Waals surface area contributed by atoms with Crippen molar-refractivity contribution in [2.45, 2.75) is 51.0 Å². The van der Waals surface area contributed by atoms with E-state index in [2.05, 4.69) is 27.9 Å². The monoisotopic (exact) mass is 310 g/mol.